The van der Waals surface area contributed by atoms with E-state index in [0.29, 0.717) is 13.0 Å². The fourth-order valence-corrected chi connectivity index (χ4v) is 3.94. The zero-order chi connectivity index (χ0) is 14.8. The van der Waals surface area contributed by atoms with E-state index in [9.17, 15) is 18.0 Å². The number of sulfonamides is 1. The third kappa shape index (κ3) is 2.75. The highest BCUT2D eigenvalue weighted by Crippen LogP contribution is 2.24. The molecule has 1 atom stereocenters. The molecule has 1 aromatic heterocycles. The molecule has 0 bridgehead atoms. The number of likely N-dealkylation sites (N-methyl/N-ethyl adjacent to an activating group) is 1. The summed E-state index contributed by atoms with van der Waals surface area (Å²) in [4.78, 5) is 25.2. The third-order valence-corrected chi connectivity index (χ3v) is 5.27. The van der Waals surface area contributed by atoms with Crippen LogP contribution < -0.4 is 10.9 Å². The first kappa shape index (κ1) is 14.7. The van der Waals surface area contributed by atoms with Crippen LogP contribution in [0.2, 0.25) is 0 Å². The van der Waals surface area contributed by atoms with Crippen molar-refractivity contribution in [2.24, 2.45) is 0 Å². The van der Waals surface area contributed by atoms with E-state index in [1.54, 1.807) is 0 Å². The van der Waals surface area contributed by atoms with Gasteiger partial charge < -0.3 is 10.3 Å². The Hall–Kier alpha value is -1.67. The summed E-state index contributed by atoms with van der Waals surface area (Å²) in [6.45, 7) is 0.305. The van der Waals surface area contributed by atoms with E-state index in [0.717, 1.165) is 25.1 Å². The standard InChI is InChI=1S/C12H17N3O4S/c1-13-12(17)10-4-2-3-7-15(10)20(18,19)9-5-6-11(16)14-8-9/h5-6,8,10H,2-4,7H2,1H3,(H,13,17)(H,14,16). The molecule has 2 N–H and O–H groups in total. The molecule has 2 rings (SSSR count). The van der Waals surface area contributed by atoms with Crippen LogP contribution in [-0.2, 0) is 14.8 Å². The molecule has 0 radical (unpaired) electrons. The molecule has 7 nitrogen and oxygen atoms in total. The second-order valence-electron chi connectivity index (χ2n) is 4.63. The zero-order valence-electron chi connectivity index (χ0n) is 11.1. The summed E-state index contributed by atoms with van der Waals surface area (Å²) < 4.78 is 26.3. The number of nitrogens with zero attached hydrogens (tertiary/aromatic N) is 1. The van der Waals surface area contributed by atoms with Crippen LogP contribution in [0.25, 0.3) is 0 Å². The summed E-state index contributed by atoms with van der Waals surface area (Å²) in [5.74, 6) is -0.308. The molecule has 1 saturated heterocycles. The van der Waals surface area contributed by atoms with Gasteiger partial charge in [0.25, 0.3) is 0 Å². The summed E-state index contributed by atoms with van der Waals surface area (Å²) >= 11 is 0. The first-order valence-electron chi connectivity index (χ1n) is 6.39. The Bertz CT molecular complexity index is 632. The molecule has 0 aromatic carbocycles. The van der Waals surface area contributed by atoms with Crippen molar-refractivity contribution in [1.82, 2.24) is 14.6 Å². The van der Waals surface area contributed by atoms with Crippen molar-refractivity contribution in [2.45, 2.75) is 30.2 Å². The van der Waals surface area contributed by atoms with Gasteiger partial charge in [0.2, 0.25) is 21.5 Å². The van der Waals surface area contributed by atoms with Crippen LogP contribution >= 0.6 is 0 Å². The average molecular weight is 299 g/mol. The lowest BCUT2D eigenvalue weighted by molar-refractivity contribution is -0.125. The first-order chi connectivity index (χ1) is 9.46. The van der Waals surface area contributed by atoms with Crippen LogP contribution in [0.4, 0.5) is 0 Å². The predicted molar refractivity (Wildman–Crippen MR) is 72.7 cm³/mol. The van der Waals surface area contributed by atoms with Crippen LogP contribution in [0.15, 0.2) is 28.0 Å². The lowest BCUT2D eigenvalue weighted by Crippen LogP contribution is -2.51. The van der Waals surface area contributed by atoms with Gasteiger partial charge in [0.05, 0.1) is 4.90 Å². The van der Waals surface area contributed by atoms with E-state index in [4.69, 9.17) is 0 Å². The summed E-state index contributed by atoms with van der Waals surface area (Å²) in [5, 5.41) is 2.49. The van der Waals surface area contributed by atoms with Gasteiger partial charge in [0.15, 0.2) is 0 Å². The van der Waals surface area contributed by atoms with Gasteiger partial charge in [-0.2, -0.15) is 4.31 Å². The molecular formula is C12H17N3O4S. The molecule has 2 heterocycles. The molecular weight excluding hydrogens is 282 g/mol. The summed E-state index contributed by atoms with van der Waals surface area (Å²) in [7, 11) is -2.29. The van der Waals surface area contributed by atoms with Gasteiger partial charge in [-0.3, -0.25) is 9.59 Å². The Morgan fingerprint density at radius 3 is 2.75 bits per heavy atom. The molecule has 1 aliphatic rings. The lowest BCUT2D eigenvalue weighted by atomic mass is 10.0. The number of pyridine rings is 1. The van der Waals surface area contributed by atoms with Gasteiger partial charge >= 0.3 is 0 Å². The second kappa shape index (κ2) is 5.76. The minimum Gasteiger partial charge on any atom is -0.358 e. The number of aromatic amines is 1. The predicted octanol–water partition coefficient (Wildman–Crippen LogP) is -0.336. The van der Waals surface area contributed by atoms with E-state index >= 15 is 0 Å². The number of amides is 1. The minimum absolute atomic E-state index is 0.00657. The van der Waals surface area contributed by atoms with Crippen LogP contribution in [0.1, 0.15) is 19.3 Å². The molecule has 20 heavy (non-hydrogen) atoms. The summed E-state index contributed by atoms with van der Waals surface area (Å²) in [6, 6.07) is 1.72. The summed E-state index contributed by atoms with van der Waals surface area (Å²) in [6.07, 6.45) is 3.20. The van der Waals surface area contributed by atoms with E-state index in [1.165, 1.54) is 17.4 Å². The van der Waals surface area contributed by atoms with Crippen molar-refractivity contribution in [3.05, 3.63) is 28.7 Å². The van der Waals surface area contributed by atoms with Crippen molar-refractivity contribution >= 4 is 15.9 Å². The largest absolute Gasteiger partial charge is 0.358 e. The maximum Gasteiger partial charge on any atom is 0.247 e. The van der Waals surface area contributed by atoms with Gasteiger partial charge in [-0.05, 0) is 18.9 Å². The van der Waals surface area contributed by atoms with Crippen LogP contribution in [0.3, 0.4) is 0 Å². The molecule has 110 valence electrons. The highest BCUT2D eigenvalue weighted by Gasteiger charge is 2.37. The van der Waals surface area contributed by atoms with Crippen molar-refractivity contribution in [1.29, 1.82) is 0 Å². The van der Waals surface area contributed by atoms with Gasteiger partial charge in [-0.1, -0.05) is 6.42 Å². The maximum atomic E-state index is 12.6. The van der Waals surface area contributed by atoms with Gasteiger partial charge in [0.1, 0.15) is 6.04 Å². The Morgan fingerprint density at radius 2 is 2.15 bits per heavy atom. The molecule has 1 amide bonds. The van der Waals surface area contributed by atoms with Crippen LogP contribution in [-0.4, -0.2) is 43.2 Å². The zero-order valence-corrected chi connectivity index (χ0v) is 11.9. The molecule has 1 aliphatic heterocycles. The number of hydrogen-bond acceptors (Lipinski definition) is 4. The van der Waals surface area contributed by atoms with E-state index in [1.807, 2.05) is 0 Å². The van der Waals surface area contributed by atoms with Gasteiger partial charge in [-0.15, -0.1) is 0 Å². The van der Waals surface area contributed by atoms with Crippen molar-refractivity contribution in [3.8, 4) is 0 Å². The van der Waals surface area contributed by atoms with Crippen molar-refractivity contribution in [3.63, 3.8) is 0 Å². The second-order valence-corrected chi connectivity index (χ2v) is 6.52. The normalized spacial score (nSPS) is 20.6. The number of aromatic nitrogens is 1. The monoisotopic (exact) mass is 299 g/mol. The number of hydrogen-bond donors (Lipinski definition) is 2. The average Bonchev–Trinajstić information content (AvgIpc) is 2.47. The van der Waals surface area contributed by atoms with Crippen molar-refractivity contribution < 1.29 is 13.2 Å². The molecule has 0 spiro atoms. The molecule has 8 heteroatoms. The highest BCUT2D eigenvalue weighted by molar-refractivity contribution is 7.89. The number of piperidine rings is 1. The van der Waals surface area contributed by atoms with E-state index in [2.05, 4.69) is 10.3 Å². The topological polar surface area (TPSA) is 99.3 Å². The lowest BCUT2D eigenvalue weighted by Gasteiger charge is -2.33. The Morgan fingerprint density at radius 1 is 1.40 bits per heavy atom. The van der Waals surface area contributed by atoms with E-state index in [-0.39, 0.29) is 16.4 Å². The number of H-pyrrole nitrogens is 1. The quantitative estimate of drug-likeness (QED) is 0.798. The number of carbonyl (C=O) groups is 1. The Labute approximate surface area is 117 Å². The third-order valence-electron chi connectivity index (χ3n) is 3.36. The van der Waals surface area contributed by atoms with Crippen LogP contribution in [0.5, 0.6) is 0 Å². The minimum atomic E-state index is -3.78. The fraction of sp³-hybridized carbons (Fsp3) is 0.500. The summed E-state index contributed by atoms with van der Waals surface area (Å²) in [5.41, 5.74) is -0.370. The molecule has 1 aromatic rings. The molecule has 1 unspecified atom stereocenters. The Balaban J connectivity index is 2.37. The smallest absolute Gasteiger partial charge is 0.247 e. The van der Waals surface area contributed by atoms with Crippen molar-refractivity contribution in [2.75, 3.05) is 13.6 Å². The highest BCUT2D eigenvalue weighted by atomic mass is 32.2. The number of rotatable bonds is 3. The van der Waals surface area contributed by atoms with Gasteiger partial charge in [0, 0.05) is 25.9 Å². The van der Waals surface area contributed by atoms with Gasteiger partial charge in [-0.25, -0.2) is 8.42 Å². The fourth-order valence-electron chi connectivity index (χ4n) is 2.31. The molecule has 1 fully saturated rings. The first-order valence-corrected chi connectivity index (χ1v) is 7.83. The van der Waals surface area contributed by atoms with Crippen LogP contribution in [0, 0.1) is 0 Å². The maximum absolute atomic E-state index is 12.6. The Kier molecular flexibility index (Phi) is 4.24. The molecule has 0 aliphatic carbocycles. The van der Waals surface area contributed by atoms with E-state index < -0.39 is 16.1 Å². The molecule has 0 saturated carbocycles. The SMILES string of the molecule is CNC(=O)C1CCCCN1S(=O)(=O)c1ccc(=O)[nH]c1. The number of nitrogens with one attached hydrogen (secondary N) is 2. The number of carbonyl (C=O) groups excluding carboxylic acids is 1.